The number of thioether (sulfide) groups is 1. The summed E-state index contributed by atoms with van der Waals surface area (Å²) in [6.07, 6.45) is 0.607. The van der Waals surface area contributed by atoms with Gasteiger partial charge in [0.15, 0.2) is 10.9 Å². The van der Waals surface area contributed by atoms with Gasteiger partial charge in [0, 0.05) is 9.75 Å². The second kappa shape index (κ2) is 5.67. The summed E-state index contributed by atoms with van der Waals surface area (Å²) >= 11 is 2.97. The van der Waals surface area contributed by atoms with Crippen LogP contribution in [-0.4, -0.2) is 15.6 Å². The number of thiophene rings is 1. The Balaban J connectivity index is 1.79. The fourth-order valence-corrected chi connectivity index (χ4v) is 4.93. The number of carbonyl (C=O) groups excluding carboxylic acids is 2. The third kappa shape index (κ3) is 2.77. The highest BCUT2D eigenvalue weighted by molar-refractivity contribution is 8.16. The van der Waals surface area contributed by atoms with Gasteiger partial charge in [0.25, 0.3) is 0 Å². The SMILES string of the molecule is Cc1ccc(-c2ccc(CC3(C)SC(=O)C(C)C3=O)cc2)s1. The molecule has 2 unspecified atom stereocenters. The van der Waals surface area contributed by atoms with Crippen LogP contribution in [0.5, 0.6) is 0 Å². The second-order valence-electron chi connectivity index (χ2n) is 6.02. The van der Waals surface area contributed by atoms with Crippen molar-refractivity contribution in [2.75, 3.05) is 0 Å². The summed E-state index contributed by atoms with van der Waals surface area (Å²) in [6.45, 7) is 5.70. The van der Waals surface area contributed by atoms with Gasteiger partial charge in [-0.3, -0.25) is 9.59 Å². The van der Waals surface area contributed by atoms with Gasteiger partial charge in [0.2, 0.25) is 0 Å². The molecule has 1 fully saturated rings. The standard InChI is InChI=1S/C18H18O2S2/c1-11-4-9-15(21-11)14-7-5-13(6-8-14)10-18(3)16(19)12(2)17(20)22-18/h4-9,12H,10H2,1-3H3. The number of carbonyl (C=O) groups is 2. The van der Waals surface area contributed by atoms with E-state index in [1.165, 1.54) is 27.1 Å². The fraction of sp³-hybridized carbons (Fsp3) is 0.333. The zero-order chi connectivity index (χ0) is 15.9. The molecule has 2 atom stereocenters. The van der Waals surface area contributed by atoms with Crippen molar-refractivity contribution in [3.05, 3.63) is 46.8 Å². The zero-order valence-electron chi connectivity index (χ0n) is 12.9. The number of aryl methyl sites for hydroxylation is 1. The lowest BCUT2D eigenvalue weighted by molar-refractivity contribution is -0.127. The summed E-state index contributed by atoms with van der Waals surface area (Å²) in [7, 11) is 0. The van der Waals surface area contributed by atoms with Crippen molar-refractivity contribution in [3.8, 4) is 10.4 Å². The van der Waals surface area contributed by atoms with Crippen molar-refractivity contribution in [2.45, 2.75) is 31.9 Å². The average Bonchev–Trinajstić information content (AvgIpc) is 2.99. The lowest BCUT2D eigenvalue weighted by Gasteiger charge is -2.20. The molecule has 2 aromatic rings. The molecule has 0 N–H and O–H groups in total. The van der Waals surface area contributed by atoms with Gasteiger partial charge in [-0.2, -0.15) is 0 Å². The second-order valence-corrected chi connectivity index (χ2v) is 8.82. The van der Waals surface area contributed by atoms with Crippen LogP contribution in [0.4, 0.5) is 0 Å². The van der Waals surface area contributed by atoms with Gasteiger partial charge in [-0.1, -0.05) is 36.0 Å². The van der Waals surface area contributed by atoms with Crippen LogP contribution in [-0.2, 0) is 16.0 Å². The molecule has 0 radical (unpaired) electrons. The van der Waals surface area contributed by atoms with Gasteiger partial charge < -0.3 is 0 Å². The van der Waals surface area contributed by atoms with Crippen LogP contribution in [0.15, 0.2) is 36.4 Å². The number of ketones is 1. The van der Waals surface area contributed by atoms with Crippen molar-refractivity contribution in [2.24, 2.45) is 5.92 Å². The van der Waals surface area contributed by atoms with Gasteiger partial charge >= 0.3 is 0 Å². The van der Waals surface area contributed by atoms with Crippen molar-refractivity contribution < 1.29 is 9.59 Å². The Morgan fingerprint density at radius 2 is 1.77 bits per heavy atom. The fourth-order valence-electron chi connectivity index (χ4n) is 2.81. The smallest absolute Gasteiger partial charge is 0.200 e. The summed E-state index contributed by atoms with van der Waals surface area (Å²) in [5, 5.41) is -0.00168. The van der Waals surface area contributed by atoms with Crippen LogP contribution in [0.25, 0.3) is 10.4 Å². The summed E-state index contributed by atoms with van der Waals surface area (Å²) in [5.74, 6) is -0.413. The van der Waals surface area contributed by atoms with Crippen LogP contribution < -0.4 is 0 Å². The molecule has 1 aliphatic rings. The number of hydrogen-bond acceptors (Lipinski definition) is 4. The molecule has 1 aromatic heterocycles. The summed E-state index contributed by atoms with van der Waals surface area (Å²) in [4.78, 5) is 26.6. The normalized spacial score (nSPS) is 25.0. The first-order valence-electron chi connectivity index (χ1n) is 7.32. The largest absolute Gasteiger partial charge is 0.297 e. The molecule has 0 bridgehead atoms. The Bertz CT molecular complexity index is 730. The number of hydrogen-bond donors (Lipinski definition) is 0. The van der Waals surface area contributed by atoms with E-state index in [-0.39, 0.29) is 10.9 Å². The Hall–Kier alpha value is -1.39. The molecule has 1 aromatic carbocycles. The molecule has 0 spiro atoms. The number of rotatable bonds is 3. The van der Waals surface area contributed by atoms with Crippen LogP contribution in [0, 0.1) is 12.8 Å². The maximum absolute atomic E-state index is 12.3. The van der Waals surface area contributed by atoms with Crippen molar-refractivity contribution in [1.29, 1.82) is 0 Å². The van der Waals surface area contributed by atoms with E-state index >= 15 is 0 Å². The third-order valence-corrected chi connectivity index (χ3v) is 6.51. The van der Waals surface area contributed by atoms with Gasteiger partial charge in [-0.05, 0) is 50.5 Å². The molecular weight excluding hydrogens is 312 g/mol. The van der Waals surface area contributed by atoms with E-state index in [0.717, 1.165) is 5.56 Å². The maximum atomic E-state index is 12.3. The summed E-state index contributed by atoms with van der Waals surface area (Å²) in [6, 6.07) is 12.6. The lowest BCUT2D eigenvalue weighted by Crippen LogP contribution is -2.32. The molecule has 2 heterocycles. The van der Waals surface area contributed by atoms with Gasteiger partial charge in [-0.15, -0.1) is 11.3 Å². The van der Waals surface area contributed by atoms with Crippen molar-refractivity contribution in [3.63, 3.8) is 0 Å². The van der Waals surface area contributed by atoms with E-state index in [0.29, 0.717) is 6.42 Å². The first-order chi connectivity index (χ1) is 10.4. The molecule has 22 heavy (non-hydrogen) atoms. The predicted molar refractivity (Wildman–Crippen MR) is 93.4 cm³/mol. The molecular formula is C18H18O2S2. The van der Waals surface area contributed by atoms with E-state index in [4.69, 9.17) is 0 Å². The van der Waals surface area contributed by atoms with Gasteiger partial charge in [0.05, 0.1) is 10.7 Å². The van der Waals surface area contributed by atoms with Crippen LogP contribution >= 0.6 is 23.1 Å². The van der Waals surface area contributed by atoms with Crippen molar-refractivity contribution >= 4 is 34.0 Å². The average molecular weight is 330 g/mol. The third-order valence-electron chi connectivity index (χ3n) is 4.11. The quantitative estimate of drug-likeness (QED) is 0.777. The van der Waals surface area contributed by atoms with Crippen LogP contribution in [0.1, 0.15) is 24.3 Å². The number of Topliss-reactive ketones (excluding diaryl/α,β-unsaturated/α-hetero) is 1. The molecule has 3 rings (SSSR count). The first-order valence-corrected chi connectivity index (χ1v) is 8.95. The summed E-state index contributed by atoms with van der Waals surface area (Å²) < 4.78 is -0.614. The molecule has 4 heteroatoms. The Morgan fingerprint density at radius 1 is 1.09 bits per heavy atom. The minimum atomic E-state index is -0.614. The Kier molecular flexibility index (Phi) is 4.00. The first kappa shape index (κ1) is 15.5. The van der Waals surface area contributed by atoms with Crippen LogP contribution in [0.3, 0.4) is 0 Å². The van der Waals surface area contributed by atoms with E-state index in [2.05, 4.69) is 43.3 Å². The molecule has 2 nitrogen and oxygen atoms in total. The van der Waals surface area contributed by atoms with E-state index in [1.54, 1.807) is 18.3 Å². The molecule has 114 valence electrons. The molecule has 0 aliphatic carbocycles. The van der Waals surface area contributed by atoms with Crippen LogP contribution in [0.2, 0.25) is 0 Å². The number of benzene rings is 1. The Labute approximate surface area is 138 Å². The Morgan fingerprint density at radius 3 is 2.27 bits per heavy atom. The topological polar surface area (TPSA) is 34.1 Å². The molecule has 0 amide bonds. The summed E-state index contributed by atoms with van der Waals surface area (Å²) in [5.41, 5.74) is 2.30. The minimum absolute atomic E-state index is 0.00168. The van der Waals surface area contributed by atoms with Gasteiger partial charge in [0.1, 0.15) is 0 Å². The van der Waals surface area contributed by atoms with Gasteiger partial charge in [-0.25, -0.2) is 0 Å². The monoisotopic (exact) mass is 330 g/mol. The highest BCUT2D eigenvalue weighted by Crippen LogP contribution is 2.41. The van der Waals surface area contributed by atoms with E-state index in [1.807, 2.05) is 6.92 Å². The lowest BCUT2D eigenvalue weighted by atomic mass is 9.90. The predicted octanol–water partition coefficient (Wildman–Crippen LogP) is 4.50. The maximum Gasteiger partial charge on any atom is 0.200 e. The molecule has 0 saturated carbocycles. The molecule has 1 saturated heterocycles. The van der Waals surface area contributed by atoms with E-state index < -0.39 is 10.7 Å². The minimum Gasteiger partial charge on any atom is -0.297 e. The highest BCUT2D eigenvalue weighted by Gasteiger charge is 2.48. The van der Waals surface area contributed by atoms with E-state index in [9.17, 15) is 9.59 Å². The molecule has 1 aliphatic heterocycles. The van der Waals surface area contributed by atoms with Crippen molar-refractivity contribution in [1.82, 2.24) is 0 Å². The zero-order valence-corrected chi connectivity index (χ0v) is 14.5. The highest BCUT2D eigenvalue weighted by atomic mass is 32.2.